The summed E-state index contributed by atoms with van der Waals surface area (Å²) in [6.45, 7) is 1.99. The molecule has 106 valence electrons. The zero-order chi connectivity index (χ0) is 15.0. The fourth-order valence-corrected chi connectivity index (χ4v) is 2.96. The van der Waals surface area contributed by atoms with E-state index < -0.39 is 11.7 Å². The van der Waals surface area contributed by atoms with Gasteiger partial charge in [-0.25, -0.2) is 9.37 Å². The summed E-state index contributed by atoms with van der Waals surface area (Å²) in [6, 6.07) is 9.59. The van der Waals surface area contributed by atoms with Gasteiger partial charge in [0.1, 0.15) is 5.82 Å². The topological polar surface area (TPSA) is 68.0 Å². The van der Waals surface area contributed by atoms with Crippen LogP contribution < -0.4 is 11.1 Å². The summed E-state index contributed by atoms with van der Waals surface area (Å²) in [4.78, 5) is 16.4. The molecule has 0 aliphatic rings. The number of hydrogen-bond acceptors (Lipinski definition) is 4. The van der Waals surface area contributed by atoms with Gasteiger partial charge in [0.25, 0.3) is 5.91 Å². The van der Waals surface area contributed by atoms with E-state index in [1.54, 1.807) is 0 Å². The lowest BCUT2D eigenvalue weighted by molar-refractivity contribution is 0.102. The third-order valence-corrected chi connectivity index (χ3v) is 3.88. The predicted molar refractivity (Wildman–Crippen MR) is 83.1 cm³/mol. The maximum absolute atomic E-state index is 13.3. The minimum absolute atomic E-state index is 0.169. The number of hydrogen-bond donors (Lipinski definition) is 2. The fourth-order valence-electron chi connectivity index (χ4n) is 2.00. The van der Waals surface area contributed by atoms with E-state index in [9.17, 15) is 9.18 Å². The summed E-state index contributed by atoms with van der Waals surface area (Å²) < 4.78 is 14.3. The van der Waals surface area contributed by atoms with Gasteiger partial charge in [-0.15, -0.1) is 0 Å². The van der Waals surface area contributed by atoms with Gasteiger partial charge in [-0.05, 0) is 42.8 Å². The number of amides is 1. The number of rotatable bonds is 2. The number of fused-ring (bicyclic) bond motifs is 1. The number of aryl methyl sites for hydroxylation is 1. The minimum Gasteiger partial charge on any atom is -0.399 e. The summed E-state index contributed by atoms with van der Waals surface area (Å²) in [6.07, 6.45) is 0. The Balaban J connectivity index is 1.88. The predicted octanol–water partition coefficient (Wildman–Crippen LogP) is 3.58. The Bertz CT molecular complexity index is 824. The van der Waals surface area contributed by atoms with Gasteiger partial charge in [-0.1, -0.05) is 17.4 Å². The second-order valence-corrected chi connectivity index (χ2v) is 5.75. The Labute approximate surface area is 124 Å². The summed E-state index contributed by atoms with van der Waals surface area (Å²) in [5, 5.41) is 3.14. The summed E-state index contributed by atoms with van der Waals surface area (Å²) >= 11 is 1.37. The number of halogens is 1. The number of anilines is 2. The monoisotopic (exact) mass is 301 g/mol. The van der Waals surface area contributed by atoms with Crippen LogP contribution >= 0.6 is 11.3 Å². The molecule has 1 amide bonds. The number of thiazole rings is 1. The lowest BCUT2D eigenvalue weighted by Gasteiger charge is -2.03. The van der Waals surface area contributed by atoms with Crippen molar-refractivity contribution in [3.8, 4) is 0 Å². The van der Waals surface area contributed by atoms with Gasteiger partial charge in [-0.3, -0.25) is 10.1 Å². The van der Waals surface area contributed by atoms with E-state index in [1.807, 2.05) is 25.1 Å². The van der Waals surface area contributed by atoms with Crippen LogP contribution in [0.3, 0.4) is 0 Å². The molecule has 3 aromatic rings. The Kier molecular flexibility index (Phi) is 3.31. The largest absolute Gasteiger partial charge is 0.399 e. The smallest absolute Gasteiger partial charge is 0.257 e. The lowest BCUT2D eigenvalue weighted by Crippen LogP contribution is -2.12. The van der Waals surface area contributed by atoms with Crippen molar-refractivity contribution in [3.63, 3.8) is 0 Å². The van der Waals surface area contributed by atoms with Crippen molar-refractivity contribution in [1.82, 2.24) is 4.98 Å². The van der Waals surface area contributed by atoms with Crippen LogP contribution in [0.25, 0.3) is 10.2 Å². The molecule has 0 bridgehead atoms. The third kappa shape index (κ3) is 2.85. The first-order valence-corrected chi connectivity index (χ1v) is 7.07. The third-order valence-electron chi connectivity index (χ3n) is 2.95. The first-order valence-electron chi connectivity index (χ1n) is 6.26. The maximum Gasteiger partial charge on any atom is 0.257 e. The molecule has 6 heteroatoms. The van der Waals surface area contributed by atoms with Gasteiger partial charge in [-0.2, -0.15) is 0 Å². The van der Waals surface area contributed by atoms with Crippen molar-refractivity contribution in [2.24, 2.45) is 0 Å². The van der Waals surface area contributed by atoms with E-state index in [-0.39, 0.29) is 11.3 Å². The second kappa shape index (κ2) is 5.14. The molecule has 0 radical (unpaired) electrons. The molecule has 21 heavy (non-hydrogen) atoms. The van der Waals surface area contributed by atoms with Gasteiger partial charge >= 0.3 is 0 Å². The van der Waals surface area contributed by atoms with Gasteiger partial charge in [0.15, 0.2) is 5.13 Å². The highest BCUT2D eigenvalue weighted by atomic mass is 32.1. The summed E-state index contributed by atoms with van der Waals surface area (Å²) in [5.41, 5.74) is 7.86. The number of carbonyl (C=O) groups excluding carboxylic acids is 1. The number of carbonyl (C=O) groups is 1. The molecule has 0 atom stereocenters. The van der Waals surface area contributed by atoms with Gasteiger partial charge in [0, 0.05) is 11.3 Å². The van der Waals surface area contributed by atoms with E-state index in [0.717, 1.165) is 27.9 Å². The SMILES string of the molecule is Cc1ccc2nc(NC(=O)c3cc(N)cc(F)c3)sc2c1. The Morgan fingerprint density at radius 3 is 2.86 bits per heavy atom. The number of nitrogen functional groups attached to an aromatic ring is 1. The molecule has 1 aromatic heterocycles. The first kappa shape index (κ1) is 13.5. The molecule has 3 N–H and O–H groups in total. The molecule has 2 aromatic carbocycles. The van der Waals surface area contributed by atoms with Crippen LogP contribution in [0.2, 0.25) is 0 Å². The van der Waals surface area contributed by atoms with Crippen LogP contribution in [-0.2, 0) is 0 Å². The molecule has 0 aliphatic heterocycles. The number of nitrogens with two attached hydrogens (primary N) is 1. The average molecular weight is 301 g/mol. The van der Waals surface area contributed by atoms with Crippen LogP contribution in [0.15, 0.2) is 36.4 Å². The number of nitrogens with one attached hydrogen (secondary N) is 1. The van der Waals surface area contributed by atoms with Crippen molar-refractivity contribution in [1.29, 1.82) is 0 Å². The summed E-state index contributed by atoms with van der Waals surface area (Å²) in [5.74, 6) is -0.975. The molecule has 0 unspecified atom stereocenters. The van der Waals surface area contributed by atoms with Crippen molar-refractivity contribution in [3.05, 3.63) is 53.3 Å². The Morgan fingerprint density at radius 1 is 1.29 bits per heavy atom. The van der Waals surface area contributed by atoms with Crippen molar-refractivity contribution >= 4 is 38.3 Å². The first-order chi connectivity index (χ1) is 10.0. The Morgan fingerprint density at radius 2 is 2.10 bits per heavy atom. The molecule has 1 heterocycles. The molecule has 0 spiro atoms. The Hall–Kier alpha value is -2.47. The van der Waals surface area contributed by atoms with Crippen LogP contribution in [0.5, 0.6) is 0 Å². The maximum atomic E-state index is 13.3. The van der Waals surface area contributed by atoms with Crippen molar-refractivity contribution in [2.75, 3.05) is 11.1 Å². The van der Waals surface area contributed by atoms with E-state index >= 15 is 0 Å². The normalized spacial score (nSPS) is 10.8. The van der Waals surface area contributed by atoms with E-state index in [1.165, 1.54) is 17.4 Å². The fraction of sp³-hybridized carbons (Fsp3) is 0.0667. The standard InChI is InChI=1S/C15H12FN3OS/c1-8-2-3-12-13(4-8)21-15(18-12)19-14(20)9-5-10(16)7-11(17)6-9/h2-7H,17H2,1H3,(H,18,19,20). The summed E-state index contributed by atoms with van der Waals surface area (Å²) in [7, 11) is 0. The van der Waals surface area contributed by atoms with Crippen molar-refractivity contribution < 1.29 is 9.18 Å². The van der Waals surface area contributed by atoms with Crippen LogP contribution in [0, 0.1) is 12.7 Å². The zero-order valence-electron chi connectivity index (χ0n) is 11.2. The molecule has 4 nitrogen and oxygen atoms in total. The highest BCUT2D eigenvalue weighted by Gasteiger charge is 2.11. The molecule has 3 rings (SSSR count). The van der Waals surface area contributed by atoms with Crippen LogP contribution in [0.4, 0.5) is 15.2 Å². The molecule has 0 saturated carbocycles. The number of aromatic nitrogens is 1. The van der Waals surface area contributed by atoms with Crippen LogP contribution in [-0.4, -0.2) is 10.9 Å². The van der Waals surface area contributed by atoms with Gasteiger partial charge in [0.2, 0.25) is 0 Å². The second-order valence-electron chi connectivity index (χ2n) is 4.72. The molecular formula is C15H12FN3OS. The molecule has 0 fully saturated rings. The zero-order valence-corrected chi connectivity index (χ0v) is 12.0. The highest BCUT2D eigenvalue weighted by Crippen LogP contribution is 2.27. The molecule has 0 saturated heterocycles. The van der Waals surface area contributed by atoms with E-state index in [4.69, 9.17) is 5.73 Å². The minimum atomic E-state index is -0.542. The number of benzene rings is 2. The van der Waals surface area contributed by atoms with Gasteiger partial charge in [0.05, 0.1) is 10.2 Å². The highest BCUT2D eigenvalue weighted by molar-refractivity contribution is 7.22. The average Bonchev–Trinajstić information content (AvgIpc) is 2.78. The van der Waals surface area contributed by atoms with E-state index in [2.05, 4.69) is 10.3 Å². The van der Waals surface area contributed by atoms with E-state index in [0.29, 0.717) is 5.13 Å². The molecule has 0 aliphatic carbocycles. The van der Waals surface area contributed by atoms with Crippen molar-refractivity contribution in [2.45, 2.75) is 6.92 Å². The van der Waals surface area contributed by atoms with Gasteiger partial charge < -0.3 is 5.73 Å². The number of nitrogens with zero attached hydrogens (tertiary/aromatic N) is 1. The lowest BCUT2D eigenvalue weighted by atomic mass is 10.2. The molecular weight excluding hydrogens is 289 g/mol. The quantitative estimate of drug-likeness (QED) is 0.711. The van der Waals surface area contributed by atoms with Crippen LogP contribution in [0.1, 0.15) is 15.9 Å².